The molecule has 1 rings (SSSR count). The number of carbonyl (C=O) groups is 1. The molecule has 0 heterocycles. The number of halogens is 2. The topological polar surface area (TPSA) is 41.6 Å². The van der Waals surface area contributed by atoms with Crippen LogP contribution in [0.3, 0.4) is 0 Å². The molecule has 6 heteroatoms. The summed E-state index contributed by atoms with van der Waals surface area (Å²) in [6.07, 6.45) is 0. The van der Waals surface area contributed by atoms with Gasteiger partial charge in [-0.15, -0.1) is 0 Å². The number of benzene rings is 1. The maximum atomic E-state index is 13.1. The summed E-state index contributed by atoms with van der Waals surface area (Å²) in [5, 5.41) is 2.75. The first kappa shape index (κ1) is 16.1. The number of methoxy groups -OCH3 is 1. The molecule has 1 aromatic rings. The van der Waals surface area contributed by atoms with Gasteiger partial charge >= 0.3 is 0 Å². The fourth-order valence-corrected chi connectivity index (χ4v) is 2.03. The number of ether oxygens (including phenoxy) is 1. The lowest BCUT2D eigenvalue weighted by atomic mass is 10.2. The van der Waals surface area contributed by atoms with E-state index in [0.29, 0.717) is 30.7 Å². The van der Waals surface area contributed by atoms with Crippen LogP contribution in [0, 0.1) is 5.82 Å². The van der Waals surface area contributed by atoms with Crippen molar-refractivity contribution < 1.29 is 13.9 Å². The molecule has 0 bridgehead atoms. The number of hydrogen-bond donors (Lipinski definition) is 1. The van der Waals surface area contributed by atoms with Crippen LogP contribution in [0.4, 0.5) is 4.39 Å². The Bertz CT molecular complexity index is 429. The number of nitrogens with zero attached hydrogens (tertiary/aromatic N) is 1. The third kappa shape index (κ3) is 6.13. The highest BCUT2D eigenvalue weighted by molar-refractivity contribution is 9.10. The molecule has 1 amide bonds. The molecular weight excluding hydrogens is 315 g/mol. The Kier molecular flexibility index (Phi) is 6.97. The Morgan fingerprint density at radius 1 is 1.53 bits per heavy atom. The molecule has 1 N–H and O–H groups in total. The van der Waals surface area contributed by atoms with Gasteiger partial charge in [0.05, 0.1) is 17.6 Å². The molecule has 106 valence electrons. The van der Waals surface area contributed by atoms with Crippen molar-refractivity contribution in [2.75, 3.05) is 33.9 Å². The average Bonchev–Trinajstić information content (AvgIpc) is 2.34. The number of amides is 1. The molecule has 0 fully saturated rings. The Labute approximate surface area is 121 Å². The second-order valence-electron chi connectivity index (χ2n) is 4.26. The molecule has 19 heavy (non-hydrogen) atoms. The molecule has 0 aliphatic heterocycles. The van der Waals surface area contributed by atoms with Crippen molar-refractivity contribution >= 4 is 21.8 Å². The predicted octanol–water partition coefficient (Wildman–Crippen LogP) is 1.78. The number of carbonyl (C=O) groups excluding carboxylic acids is 1. The monoisotopic (exact) mass is 332 g/mol. The van der Waals surface area contributed by atoms with Crippen molar-refractivity contribution in [3.8, 4) is 0 Å². The number of nitrogens with one attached hydrogen (secondary N) is 1. The minimum atomic E-state index is -0.288. The lowest BCUT2D eigenvalue weighted by Gasteiger charge is -2.16. The summed E-state index contributed by atoms with van der Waals surface area (Å²) >= 11 is 3.14. The van der Waals surface area contributed by atoms with Crippen molar-refractivity contribution in [2.24, 2.45) is 0 Å². The quantitative estimate of drug-likeness (QED) is 0.774. The van der Waals surface area contributed by atoms with Crippen LogP contribution in [0.2, 0.25) is 0 Å². The maximum absolute atomic E-state index is 13.1. The third-order valence-electron chi connectivity index (χ3n) is 2.48. The molecule has 0 saturated carbocycles. The van der Waals surface area contributed by atoms with Gasteiger partial charge in [-0.3, -0.25) is 9.69 Å². The summed E-state index contributed by atoms with van der Waals surface area (Å²) in [5.41, 5.74) is 0.945. The van der Waals surface area contributed by atoms with E-state index < -0.39 is 0 Å². The minimum absolute atomic E-state index is 0.0549. The number of hydrogen-bond acceptors (Lipinski definition) is 3. The SMILES string of the molecule is COCCNC(=O)CN(C)Cc1ccc(F)c(Br)c1. The van der Waals surface area contributed by atoms with Gasteiger partial charge in [-0.25, -0.2) is 4.39 Å². The number of likely N-dealkylation sites (N-methyl/N-ethyl adjacent to an activating group) is 1. The van der Waals surface area contributed by atoms with Crippen LogP contribution in [-0.4, -0.2) is 44.7 Å². The van der Waals surface area contributed by atoms with Crippen LogP contribution < -0.4 is 5.32 Å². The summed E-state index contributed by atoms with van der Waals surface area (Å²) in [7, 11) is 3.43. The lowest BCUT2D eigenvalue weighted by Crippen LogP contribution is -2.36. The van der Waals surface area contributed by atoms with E-state index in [1.807, 2.05) is 11.9 Å². The maximum Gasteiger partial charge on any atom is 0.234 e. The first-order chi connectivity index (χ1) is 9.02. The minimum Gasteiger partial charge on any atom is -0.383 e. The van der Waals surface area contributed by atoms with E-state index in [0.717, 1.165) is 5.56 Å². The zero-order valence-corrected chi connectivity index (χ0v) is 12.7. The molecule has 0 aliphatic carbocycles. The van der Waals surface area contributed by atoms with Gasteiger partial charge in [0.15, 0.2) is 0 Å². The smallest absolute Gasteiger partial charge is 0.234 e. The molecule has 4 nitrogen and oxygen atoms in total. The Hall–Kier alpha value is -0.980. The molecule has 0 spiro atoms. The summed E-state index contributed by atoms with van der Waals surface area (Å²) in [4.78, 5) is 13.4. The lowest BCUT2D eigenvalue weighted by molar-refractivity contribution is -0.122. The largest absolute Gasteiger partial charge is 0.383 e. The highest BCUT2D eigenvalue weighted by atomic mass is 79.9. The standard InChI is InChI=1S/C13H18BrFN2O2/c1-17(9-13(18)16-5-6-19-2)8-10-3-4-12(15)11(14)7-10/h3-4,7H,5-6,8-9H2,1-2H3,(H,16,18). The third-order valence-corrected chi connectivity index (χ3v) is 3.09. The molecule has 0 radical (unpaired) electrons. The zero-order valence-electron chi connectivity index (χ0n) is 11.1. The number of rotatable bonds is 7. The van der Waals surface area contributed by atoms with Crippen molar-refractivity contribution in [2.45, 2.75) is 6.54 Å². The van der Waals surface area contributed by atoms with Gasteiger partial charge in [0, 0.05) is 20.2 Å². The van der Waals surface area contributed by atoms with Crippen molar-refractivity contribution in [1.82, 2.24) is 10.2 Å². The van der Waals surface area contributed by atoms with Gasteiger partial charge in [0.2, 0.25) is 5.91 Å². The van der Waals surface area contributed by atoms with E-state index in [1.54, 1.807) is 19.2 Å². The molecule has 0 atom stereocenters. The second-order valence-corrected chi connectivity index (χ2v) is 5.12. The molecule has 0 saturated heterocycles. The van der Waals surface area contributed by atoms with Gasteiger partial charge < -0.3 is 10.1 Å². The zero-order chi connectivity index (χ0) is 14.3. The van der Waals surface area contributed by atoms with Crippen molar-refractivity contribution in [1.29, 1.82) is 0 Å². The van der Waals surface area contributed by atoms with Crippen LogP contribution >= 0.6 is 15.9 Å². The van der Waals surface area contributed by atoms with Crippen molar-refractivity contribution in [3.63, 3.8) is 0 Å². The highest BCUT2D eigenvalue weighted by Crippen LogP contribution is 2.17. The Morgan fingerprint density at radius 3 is 2.89 bits per heavy atom. The van der Waals surface area contributed by atoms with E-state index in [2.05, 4.69) is 21.2 Å². The summed E-state index contributed by atoms with van der Waals surface area (Å²) in [6.45, 7) is 1.88. The van der Waals surface area contributed by atoms with Gasteiger partial charge in [-0.1, -0.05) is 6.07 Å². The van der Waals surface area contributed by atoms with Crippen LogP contribution in [-0.2, 0) is 16.1 Å². The van der Waals surface area contributed by atoms with Crippen LogP contribution in [0.5, 0.6) is 0 Å². The van der Waals surface area contributed by atoms with Gasteiger partial charge in [0.1, 0.15) is 5.82 Å². The summed E-state index contributed by atoms with van der Waals surface area (Å²) in [5.74, 6) is -0.343. The first-order valence-electron chi connectivity index (χ1n) is 5.91. The van der Waals surface area contributed by atoms with E-state index in [1.165, 1.54) is 6.07 Å². The molecular formula is C13H18BrFN2O2. The Balaban J connectivity index is 2.39. The fourth-order valence-electron chi connectivity index (χ4n) is 1.60. The summed E-state index contributed by atoms with van der Waals surface area (Å²) in [6, 6.07) is 4.83. The van der Waals surface area contributed by atoms with Crippen LogP contribution in [0.1, 0.15) is 5.56 Å². The van der Waals surface area contributed by atoms with Gasteiger partial charge in [-0.2, -0.15) is 0 Å². The van der Waals surface area contributed by atoms with Crippen LogP contribution in [0.15, 0.2) is 22.7 Å². The Morgan fingerprint density at radius 2 is 2.26 bits per heavy atom. The predicted molar refractivity (Wildman–Crippen MR) is 75.3 cm³/mol. The van der Waals surface area contributed by atoms with Gasteiger partial charge in [0.25, 0.3) is 0 Å². The molecule has 0 aliphatic rings. The second kappa shape index (κ2) is 8.24. The van der Waals surface area contributed by atoms with E-state index in [9.17, 15) is 9.18 Å². The first-order valence-corrected chi connectivity index (χ1v) is 6.70. The van der Waals surface area contributed by atoms with Gasteiger partial charge in [-0.05, 0) is 40.7 Å². The molecule has 1 aromatic carbocycles. The van der Waals surface area contributed by atoms with Crippen molar-refractivity contribution in [3.05, 3.63) is 34.1 Å². The average molecular weight is 333 g/mol. The fraction of sp³-hybridized carbons (Fsp3) is 0.462. The normalized spacial score (nSPS) is 10.8. The van der Waals surface area contributed by atoms with E-state index >= 15 is 0 Å². The van der Waals surface area contributed by atoms with E-state index in [4.69, 9.17) is 4.74 Å². The van der Waals surface area contributed by atoms with Crippen LogP contribution in [0.25, 0.3) is 0 Å². The highest BCUT2D eigenvalue weighted by Gasteiger charge is 2.08. The summed E-state index contributed by atoms with van der Waals surface area (Å²) < 4.78 is 18.4. The van der Waals surface area contributed by atoms with E-state index in [-0.39, 0.29) is 11.7 Å². The molecule has 0 unspecified atom stereocenters. The molecule has 0 aromatic heterocycles.